The Morgan fingerprint density at radius 1 is 1.23 bits per heavy atom. The van der Waals surface area contributed by atoms with Gasteiger partial charge in [-0.15, -0.1) is 0 Å². The third kappa shape index (κ3) is 4.35. The lowest BCUT2D eigenvalue weighted by molar-refractivity contribution is -0.137. The van der Waals surface area contributed by atoms with Crippen LogP contribution in [0.5, 0.6) is 0 Å². The predicted octanol–water partition coefficient (Wildman–Crippen LogP) is 5.03. The Morgan fingerprint density at radius 3 is 2.49 bits per heavy atom. The zero-order chi connectivity index (χ0) is 25.7. The third-order valence-corrected chi connectivity index (χ3v) is 6.35. The van der Waals surface area contributed by atoms with Crippen LogP contribution in [-0.2, 0) is 17.5 Å². The molecule has 1 saturated heterocycles. The Bertz CT molecular complexity index is 1380. The van der Waals surface area contributed by atoms with Gasteiger partial charge in [0.05, 0.1) is 22.9 Å². The number of nitriles is 1. The van der Waals surface area contributed by atoms with E-state index < -0.39 is 28.7 Å². The molecule has 4 rings (SSSR count). The fraction of sp³-hybridized carbons (Fsp3) is 0.261. The summed E-state index contributed by atoms with van der Waals surface area (Å²) in [5, 5.41) is 9.45. The van der Waals surface area contributed by atoms with Crippen LogP contribution in [0.1, 0.15) is 36.4 Å². The molecule has 0 saturated carbocycles. The number of benzene rings is 1. The summed E-state index contributed by atoms with van der Waals surface area (Å²) in [4.78, 5) is 24.5. The fourth-order valence-corrected chi connectivity index (χ4v) is 4.54. The fourth-order valence-electron chi connectivity index (χ4n) is 3.84. The minimum Gasteiger partial charge on any atom is -0.330 e. The van der Waals surface area contributed by atoms with E-state index in [1.807, 2.05) is 6.07 Å². The van der Waals surface area contributed by atoms with E-state index in [4.69, 9.17) is 29.1 Å². The summed E-state index contributed by atoms with van der Waals surface area (Å²) in [6.45, 7) is 5.29. The molecular weight excluding hydrogens is 501 g/mol. The monoisotopic (exact) mass is 518 g/mol. The van der Waals surface area contributed by atoms with Gasteiger partial charge in [-0.25, -0.2) is 9.97 Å². The minimum atomic E-state index is -4.76. The standard InChI is InChI=1S/C23H18ClF3N6OS/c1-13-30-18(24)12-31(13)19-7-4-14(10-29-19)11-32-21(35)33(20(34)22(32,2)3)16-6-5-15(9-28)17(8-16)23(25,26)27/h4-8,10,12H,11H2,1-3H3. The number of carbonyl (C=O) groups excluding carboxylic acids is 1. The topological polar surface area (TPSA) is 78.0 Å². The molecule has 180 valence electrons. The number of anilines is 1. The minimum absolute atomic E-state index is 0.0529. The molecule has 3 heterocycles. The van der Waals surface area contributed by atoms with Crippen molar-refractivity contribution in [2.24, 2.45) is 0 Å². The van der Waals surface area contributed by atoms with Crippen LogP contribution in [0.2, 0.25) is 5.15 Å². The Hall–Kier alpha value is -3.49. The van der Waals surface area contributed by atoms with Crippen molar-refractivity contribution in [1.82, 2.24) is 19.4 Å². The maximum Gasteiger partial charge on any atom is 0.417 e. The number of amides is 1. The van der Waals surface area contributed by atoms with Gasteiger partial charge in [0.25, 0.3) is 5.91 Å². The lowest BCUT2D eigenvalue weighted by Gasteiger charge is -2.29. The lowest BCUT2D eigenvalue weighted by Crippen LogP contribution is -2.43. The maximum absolute atomic E-state index is 13.5. The second kappa shape index (κ2) is 8.62. The van der Waals surface area contributed by atoms with E-state index in [0.717, 1.165) is 22.6 Å². The van der Waals surface area contributed by atoms with Gasteiger partial charge in [0.2, 0.25) is 0 Å². The average molecular weight is 519 g/mol. The van der Waals surface area contributed by atoms with E-state index in [9.17, 15) is 18.0 Å². The molecule has 0 N–H and O–H groups in total. The van der Waals surface area contributed by atoms with Gasteiger partial charge >= 0.3 is 6.18 Å². The summed E-state index contributed by atoms with van der Waals surface area (Å²) < 4.78 is 42.2. The molecule has 0 aliphatic carbocycles. The molecule has 1 aromatic carbocycles. The predicted molar refractivity (Wildman–Crippen MR) is 127 cm³/mol. The molecule has 0 spiro atoms. The van der Waals surface area contributed by atoms with Gasteiger partial charge in [0, 0.05) is 18.9 Å². The molecule has 0 atom stereocenters. The molecular formula is C23H18ClF3N6OS. The van der Waals surface area contributed by atoms with Crippen molar-refractivity contribution in [2.45, 2.75) is 39.0 Å². The summed E-state index contributed by atoms with van der Waals surface area (Å²) in [6, 6.07) is 8.21. The summed E-state index contributed by atoms with van der Waals surface area (Å²) in [7, 11) is 0. The summed E-state index contributed by atoms with van der Waals surface area (Å²) >= 11 is 11.5. The number of aryl methyl sites for hydroxylation is 1. The van der Waals surface area contributed by atoms with E-state index in [0.29, 0.717) is 16.8 Å². The van der Waals surface area contributed by atoms with E-state index >= 15 is 0 Å². The molecule has 2 aromatic heterocycles. The first kappa shape index (κ1) is 24.6. The zero-order valence-electron chi connectivity index (χ0n) is 18.8. The normalized spacial score (nSPS) is 15.6. The first-order chi connectivity index (χ1) is 16.3. The van der Waals surface area contributed by atoms with E-state index in [1.54, 1.807) is 48.7 Å². The first-order valence-electron chi connectivity index (χ1n) is 10.3. The number of hydrogen-bond acceptors (Lipinski definition) is 5. The van der Waals surface area contributed by atoms with Crippen molar-refractivity contribution in [3.63, 3.8) is 0 Å². The average Bonchev–Trinajstić information content (AvgIpc) is 3.21. The van der Waals surface area contributed by atoms with E-state index in [2.05, 4.69) is 9.97 Å². The van der Waals surface area contributed by atoms with Gasteiger partial charge in [0.15, 0.2) is 5.11 Å². The molecule has 7 nitrogen and oxygen atoms in total. The van der Waals surface area contributed by atoms with Crippen LogP contribution in [-0.4, -0.2) is 36.0 Å². The SMILES string of the molecule is Cc1nc(Cl)cn1-c1ccc(CN2C(=S)N(c3ccc(C#N)c(C(F)(F)F)c3)C(=O)C2(C)C)cn1. The Balaban J connectivity index is 1.64. The Labute approximate surface area is 209 Å². The molecule has 1 aliphatic rings. The number of nitrogens with zero attached hydrogens (tertiary/aromatic N) is 6. The number of carbonyl (C=O) groups is 1. The second-order valence-electron chi connectivity index (χ2n) is 8.41. The van der Waals surface area contributed by atoms with Crippen molar-refractivity contribution in [3.05, 3.63) is 70.4 Å². The van der Waals surface area contributed by atoms with Gasteiger partial charge in [-0.1, -0.05) is 17.7 Å². The van der Waals surface area contributed by atoms with Crippen molar-refractivity contribution in [2.75, 3.05) is 4.90 Å². The van der Waals surface area contributed by atoms with Crippen LogP contribution in [0.3, 0.4) is 0 Å². The van der Waals surface area contributed by atoms with Crippen molar-refractivity contribution < 1.29 is 18.0 Å². The number of pyridine rings is 1. The van der Waals surface area contributed by atoms with Crippen LogP contribution in [0.4, 0.5) is 18.9 Å². The molecule has 0 bridgehead atoms. The Morgan fingerprint density at radius 2 is 1.94 bits per heavy atom. The zero-order valence-corrected chi connectivity index (χ0v) is 20.3. The maximum atomic E-state index is 13.5. The van der Waals surface area contributed by atoms with Gasteiger partial charge < -0.3 is 4.90 Å². The smallest absolute Gasteiger partial charge is 0.330 e. The first-order valence-corrected chi connectivity index (χ1v) is 11.1. The quantitative estimate of drug-likeness (QED) is 0.451. The molecule has 1 aliphatic heterocycles. The van der Waals surface area contributed by atoms with Crippen molar-refractivity contribution in [3.8, 4) is 11.9 Å². The number of halogens is 4. The van der Waals surface area contributed by atoms with Crippen LogP contribution < -0.4 is 4.90 Å². The molecule has 0 radical (unpaired) electrons. The number of aromatic nitrogens is 3. The van der Waals surface area contributed by atoms with Crippen LogP contribution in [0, 0.1) is 18.3 Å². The van der Waals surface area contributed by atoms with Gasteiger partial charge in [0.1, 0.15) is 22.3 Å². The largest absolute Gasteiger partial charge is 0.417 e. The Kier molecular flexibility index (Phi) is 6.07. The van der Waals surface area contributed by atoms with E-state index in [1.165, 1.54) is 12.1 Å². The molecule has 35 heavy (non-hydrogen) atoms. The van der Waals surface area contributed by atoms with Crippen LogP contribution in [0.25, 0.3) is 5.82 Å². The highest BCUT2D eigenvalue weighted by atomic mass is 35.5. The third-order valence-electron chi connectivity index (χ3n) is 5.76. The van der Waals surface area contributed by atoms with Crippen molar-refractivity contribution >= 4 is 40.5 Å². The number of imidazole rings is 1. The highest BCUT2D eigenvalue weighted by molar-refractivity contribution is 7.80. The molecule has 1 fully saturated rings. The number of hydrogen-bond donors (Lipinski definition) is 0. The van der Waals surface area contributed by atoms with Gasteiger partial charge in [-0.05, 0) is 62.8 Å². The lowest BCUT2D eigenvalue weighted by atomic mass is 10.0. The second-order valence-corrected chi connectivity index (χ2v) is 9.17. The number of alkyl halides is 3. The highest BCUT2D eigenvalue weighted by Gasteiger charge is 2.49. The molecule has 12 heteroatoms. The number of rotatable bonds is 4. The summed E-state index contributed by atoms with van der Waals surface area (Å²) in [5.74, 6) is 0.788. The van der Waals surface area contributed by atoms with Crippen LogP contribution >= 0.6 is 23.8 Å². The van der Waals surface area contributed by atoms with Gasteiger partial charge in [-0.2, -0.15) is 18.4 Å². The van der Waals surface area contributed by atoms with Gasteiger partial charge in [-0.3, -0.25) is 14.3 Å². The summed E-state index contributed by atoms with van der Waals surface area (Å²) in [6.07, 6.45) is -1.50. The molecule has 0 unspecified atom stereocenters. The van der Waals surface area contributed by atoms with Crippen molar-refractivity contribution in [1.29, 1.82) is 5.26 Å². The van der Waals surface area contributed by atoms with Crippen LogP contribution in [0.15, 0.2) is 42.7 Å². The van der Waals surface area contributed by atoms with E-state index in [-0.39, 0.29) is 17.3 Å². The number of thiocarbonyl (C=S) groups is 1. The summed E-state index contributed by atoms with van der Waals surface area (Å²) in [5.41, 5.74) is -2.10. The molecule has 3 aromatic rings. The molecule has 1 amide bonds. The highest BCUT2D eigenvalue weighted by Crippen LogP contribution is 2.38.